The summed E-state index contributed by atoms with van der Waals surface area (Å²) in [7, 11) is 1.68. The molecule has 0 radical (unpaired) electrons. The summed E-state index contributed by atoms with van der Waals surface area (Å²) in [6, 6.07) is 5.96. The van der Waals surface area contributed by atoms with Gasteiger partial charge < -0.3 is 20.3 Å². The largest absolute Gasteiger partial charge is 0.496 e. The van der Waals surface area contributed by atoms with Crippen molar-refractivity contribution in [3.63, 3.8) is 0 Å². The van der Waals surface area contributed by atoms with Crippen molar-refractivity contribution in [2.45, 2.75) is 25.8 Å². The van der Waals surface area contributed by atoms with E-state index in [4.69, 9.17) is 14.9 Å². The van der Waals surface area contributed by atoms with Crippen LogP contribution in [0.3, 0.4) is 0 Å². The van der Waals surface area contributed by atoms with Crippen molar-refractivity contribution in [2.75, 3.05) is 26.9 Å². The fourth-order valence-corrected chi connectivity index (χ4v) is 1.87. The molecule has 3 N–H and O–H groups in total. The van der Waals surface area contributed by atoms with E-state index in [9.17, 15) is 0 Å². The Hall–Kier alpha value is -1.10. The molecule has 0 aliphatic heterocycles. The van der Waals surface area contributed by atoms with E-state index < -0.39 is 0 Å². The molecule has 0 bridgehead atoms. The molecule has 0 aliphatic rings. The average molecular weight is 253 g/mol. The molecule has 0 spiro atoms. The molecule has 0 aromatic heterocycles. The maximum atomic E-state index is 8.93. The van der Waals surface area contributed by atoms with Crippen molar-refractivity contribution in [3.8, 4) is 5.75 Å². The second-order valence-corrected chi connectivity index (χ2v) is 4.27. The maximum absolute atomic E-state index is 8.93. The number of hydrogen-bond acceptors (Lipinski definition) is 4. The van der Waals surface area contributed by atoms with Gasteiger partial charge in [0.2, 0.25) is 0 Å². The van der Waals surface area contributed by atoms with Gasteiger partial charge in [0.25, 0.3) is 0 Å². The first-order valence-corrected chi connectivity index (χ1v) is 6.36. The molecule has 1 aromatic carbocycles. The lowest BCUT2D eigenvalue weighted by atomic mass is 10.1. The van der Waals surface area contributed by atoms with Crippen molar-refractivity contribution in [2.24, 2.45) is 0 Å². The number of nitrogens with one attached hydrogen (secondary N) is 1. The van der Waals surface area contributed by atoms with Gasteiger partial charge in [-0.2, -0.15) is 0 Å². The van der Waals surface area contributed by atoms with Crippen LogP contribution in [-0.4, -0.2) is 43.1 Å². The fraction of sp³-hybridized carbons (Fsp3) is 0.571. The van der Waals surface area contributed by atoms with Gasteiger partial charge in [-0.15, -0.1) is 0 Å². The molecule has 0 atom stereocenters. The van der Waals surface area contributed by atoms with Crippen molar-refractivity contribution >= 4 is 0 Å². The summed E-state index contributed by atoms with van der Waals surface area (Å²) >= 11 is 0. The zero-order chi connectivity index (χ0) is 13.4. The lowest BCUT2D eigenvalue weighted by Crippen LogP contribution is -2.36. The summed E-state index contributed by atoms with van der Waals surface area (Å²) in [5.74, 6) is 0.929. The second kappa shape index (κ2) is 8.08. The van der Waals surface area contributed by atoms with Crippen LogP contribution in [0.1, 0.15) is 18.1 Å². The quantitative estimate of drug-likeness (QED) is 0.639. The molecule has 0 unspecified atom stereocenters. The lowest BCUT2D eigenvalue weighted by Gasteiger charge is -2.14. The van der Waals surface area contributed by atoms with Crippen LogP contribution >= 0.6 is 0 Å². The van der Waals surface area contributed by atoms with E-state index in [-0.39, 0.29) is 19.3 Å². The van der Waals surface area contributed by atoms with E-state index in [0.717, 1.165) is 25.1 Å². The minimum absolute atomic E-state index is 0.0423. The Balaban J connectivity index is 2.52. The van der Waals surface area contributed by atoms with Crippen LogP contribution in [0.15, 0.2) is 18.2 Å². The Labute approximate surface area is 109 Å². The molecular formula is C14H23NO3. The van der Waals surface area contributed by atoms with Gasteiger partial charge in [-0.1, -0.05) is 19.1 Å². The molecule has 102 valence electrons. The first kappa shape index (κ1) is 15.0. The molecule has 1 aromatic rings. The predicted molar refractivity (Wildman–Crippen MR) is 72.0 cm³/mol. The third-order valence-electron chi connectivity index (χ3n) is 3.01. The molecule has 4 heteroatoms. The summed E-state index contributed by atoms with van der Waals surface area (Å²) in [5.41, 5.74) is 2.44. The van der Waals surface area contributed by atoms with Crippen molar-refractivity contribution in [3.05, 3.63) is 29.3 Å². The Bertz CT molecular complexity index is 351. The molecule has 0 fully saturated rings. The predicted octanol–water partition coefficient (Wildman–Crippen LogP) is 0.743. The van der Waals surface area contributed by atoms with E-state index in [1.807, 2.05) is 12.1 Å². The molecule has 1 rings (SSSR count). The van der Waals surface area contributed by atoms with E-state index in [2.05, 4.69) is 18.3 Å². The summed E-state index contributed by atoms with van der Waals surface area (Å²) < 4.78 is 5.29. The third kappa shape index (κ3) is 4.29. The molecule has 4 nitrogen and oxygen atoms in total. The van der Waals surface area contributed by atoms with E-state index in [0.29, 0.717) is 0 Å². The number of ether oxygens (including phenoxy) is 1. The average Bonchev–Trinajstić information content (AvgIpc) is 2.43. The molecule has 0 saturated heterocycles. The van der Waals surface area contributed by atoms with Crippen LogP contribution in [0.5, 0.6) is 5.75 Å². The number of aryl methyl sites for hydroxylation is 1. The highest BCUT2D eigenvalue weighted by atomic mass is 16.5. The van der Waals surface area contributed by atoms with Crippen LogP contribution in [0.25, 0.3) is 0 Å². The molecule has 0 aliphatic carbocycles. The number of aliphatic hydroxyl groups excluding tert-OH is 2. The van der Waals surface area contributed by atoms with Crippen LogP contribution in [-0.2, 0) is 12.8 Å². The minimum atomic E-state index is -0.228. The van der Waals surface area contributed by atoms with Crippen molar-refractivity contribution in [1.29, 1.82) is 0 Å². The minimum Gasteiger partial charge on any atom is -0.496 e. The first-order chi connectivity index (χ1) is 8.74. The Kier molecular flexibility index (Phi) is 6.72. The van der Waals surface area contributed by atoms with Gasteiger partial charge in [0.15, 0.2) is 0 Å². The molecular weight excluding hydrogens is 230 g/mol. The van der Waals surface area contributed by atoms with Crippen LogP contribution < -0.4 is 10.1 Å². The molecule has 18 heavy (non-hydrogen) atoms. The smallest absolute Gasteiger partial charge is 0.122 e. The van der Waals surface area contributed by atoms with Gasteiger partial charge >= 0.3 is 0 Å². The van der Waals surface area contributed by atoms with Crippen molar-refractivity contribution in [1.82, 2.24) is 5.32 Å². The van der Waals surface area contributed by atoms with E-state index >= 15 is 0 Å². The number of rotatable bonds is 8. The third-order valence-corrected chi connectivity index (χ3v) is 3.01. The summed E-state index contributed by atoms with van der Waals surface area (Å²) in [6.07, 6.45) is 1.81. The standard InChI is InChI=1S/C14H23NO3/c1-3-12-8-11(4-5-14(12)18-2)6-7-15-13(9-16)10-17/h4-5,8,13,15-17H,3,6-7,9-10H2,1-2H3. The Morgan fingerprint density at radius 3 is 2.56 bits per heavy atom. The number of aliphatic hydroxyl groups is 2. The SMILES string of the molecule is CCc1cc(CCNC(CO)CO)ccc1OC. The van der Waals surface area contributed by atoms with Crippen LogP contribution in [0.2, 0.25) is 0 Å². The normalized spacial score (nSPS) is 10.9. The Morgan fingerprint density at radius 2 is 2.00 bits per heavy atom. The zero-order valence-electron chi connectivity index (χ0n) is 11.1. The molecule has 0 saturated carbocycles. The highest BCUT2D eigenvalue weighted by Gasteiger charge is 2.05. The second-order valence-electron chi connectivity index (χ2n) is 4.27. The Morgan fingerprint density at radius 1 is 1.28 bits per heavy atom. The highest BCUT2D eigenvalue weighted by Crippen LogP contribution is 2.20. The molecule has 0 heterocycles. The topological polar surface area (TPSA) is 61.7 Å². The van der Waals surface area contributed by atoms with Crippen LogP contribution in [0.4, 0.5) is 0 Å². The number of methoxy groups -OCH3 is 1. The maximum Gasteiger partial charge on any atom is 0.122 e. The van der Waals surface area contributed by atoms with Crippen molar-refractivity contribution < 1.29 is 14.9 Å². The van der Waals surface area contributed by atoms with Gasteiger partial charge in [-0.25, -0.2) is 0 Å². The summed E-state index contributed by atoms with van der Waals surface area (Å²) in [6.45, 7) is 2.76. The number of hydrogen-bond donors (Lipinski definition) is 3. The monoisotopic (exact) mass is 253 g/mol. The van der Waals surface area contributed by atoms with E-state index in [1.165, 1.54) is 11.1 Å². The summed E-state index contributed by atoms with van der Waals surface area (Å²) in [5, 5.41) is 21.0. The van der Waals surface area contributed by atoms with Gasteiger partial charge in [0.05, 0.1) is 26.4 Å². The van der Waals surface area contributed by atoms with Crippen LogP contribution in [0, 0.1) is 0 Å². The van der Waals surface area contributed by atoms with E-state index in [1.54, 1.807) is 7.11 Å². The molecule has 0 amide bonds. The zero-order valence-corrected chi connectivity index (χ0v) is 11.1. The first-order valence-electron chi connectivity index (χ1n) is 6.36. The highest BCUT2D eigenvalue weighted by molar-refractivity contribution is 5.37. The van der Waals surface area contributed by atoms with Gasteiger partial charge in [-0.05, 0) is 36.6 Å². The van der Waals surface area contributed by atoms with Gasteiger partial charge in [0.1, 0.15) is 5.75 Å². The lowest BCUT2D eigenvalue weighted by molar-refractivity contribution is 0.171. The number of benzene rings is 1. The summed E-state index contributed by atoms with van der Waals surface area (Å²) in [4.78, 5) is 0. The fourth-order valence-electron chi connectivity index (χ4n) is 1.87. The van der Waals surface area contributed by atoms with Gasteiger partial charge in [0, 0.05) is 0 Å². The van der Waals surface area contributed by atoms with Gasteiger partial charge in [-0.3, -0.25) is 0 Å².